The minimum atomic E-state index is -4.49. The van der Waals surface area contributed by atoms with Crippen LogP contribution in [0.1, 0.15) is 35.2 Å². The molecule has 2 amide bonds. The average molecular weight is 388 g/mol. The van der Waals surface area contributed by atoms with Gasteiger partial charge in [0.25, 0.3) is 5.91 Å². The molecule has 0 saturated carbocycles. The zero-order valence-electron chi connectivity index (χ0n) is 14.9. The van der Waals surface area contributed by atoms with Gasteiger partial charge in [0, 0.05) is 22.9 Å². The Hall–Kier alpha value is -3.09. The second-order valence-electron chi connectivity index (χ2n) is 6.58. The summed E-state index contributed by atoms with van der Waals surface area (Å²) in [7, 11) is 0. The van der Waals surface area contributed by atoms with Gasteiger partial charge in [-0.05, 0) is 55.7 Å². The van der Waals surface area contributed by atoms with Crippen molar-refractivity contribution in [1.82, 2.24) is 0 Å². The summed E-state index contributed by atoms with van der Waals surface area (Å²) in [4.78, 5) is 24.7. The maximum absolute atomic E-state index is 12.8. The van der Waals surface area contributed by atoms with Crippen molar-refractivity contribution in [2.45, 2.75) is 25.4 Å². The van der Waals surface area contributed by atoms with E-state index in [9.17, 15) is 22.8 Å². The number of halogens is 3. The summed E-state index contributed by atoms with van der Waals surface area (Å²) in [6, 6.07) is 10.7. The van der Waals surface area contributed by atoms with Gasteiger partial charge in [0.2, 0.25) is 5.91 Å². The molecule has 3 rings (SSSR count). The summed E-state index contributed by atoms with van der Waals surface area (Å²) in [5, 5.41) is 5.25. The first-order chi connectivity index (χ1) is 13.3. The van der Waals surface area contributed by atoms with Crippen LogP contribution in [-0.4, -0.2) is 11.8 Å². The van der Waals surface area contributed by atoms with Crippen molar-refractivity contribution >= 4 is 23.2 Å². The van der Waals surface area contributed by atoms with E-state index in [0.717, 1.165) is 25.0 Å². The molecule has 0 heterocycles. The van der Waals surface area contributed by atoms with E-state index >= 15 is 0 Å². The molecule has 2 aromatic carbocycles. The molecular weight excluding hydrogens is 369 g/mol. The zero-order chi connectivity index (χ0) is 20.1. The molecule has 0 bridgehead atoms. The van der Waals surface area contributed by atoms with Gasteiger partial charge in [0.1, 0.15) is 0 Å². The van der Waals surface area contributed by atoms with E-state index in [4.69, 9.17) is 0 Å². The Morgan fingerprint density at radius 3 is 2.32 bits per heavy atom. The number of rotatable bonds is 4. The van der Waals surface area contributed by atoms with Crippen LogP contribution in [0.25, 0.3) is 0 Å². The highest BCUT2D eigenvalue weighted by Gasteiger charge is 2.30. The SMILES string of the molecule is O=C(Nc1cccc(C(F)(F)F)c1)c1cccc(NC(=O)C2CC=CCC2)c1. The first-order valence-electron chi connectivity index (χ1n) is 8.87. The summed E-state index contributed by atoms with van der Waals surface area (Å²) in [6.45, 7) is 0. The molecule has 0 saturated heterocycles. The maximum atomic E-state index is 12.8. The van der Waals surface area contributed by atoms with E-state index < -0.39 is 17.6 Å². The van der Waals surface area contributed by atoms with Gasteiger partial charge in [-0.2, -0.15) is 13.2 Å². The van der Waals surface area contributed by atoms with Crippen LogP contribution in [-0.2, 0) is 11.0 Å². The highest BCUT2D eigenvalue weighted by Crippen LogP contribution is 2.30. The van der Waals surface area contributed by atoms with Gasteiger partial charge in [-0.25, -0.2) is 0 Å². The molecule has 0 fully saturated rings. The Bertz CT molecular complexity index is 907. The van der Waals surface area contributed by atoms with E-state index in [2.05, 4.69) is 10.6 Å². The summed E-state index contributed by atoms with van der Waals surface area (Å²) in [6.07, 6.45) is 1.85. The quantitative estimate of drug-likeness (QED) is 0.703. The van der Waals surface area contributed by atoms with Crippen LogP contribution in [0.2, 0.25) is 0 Å². The standard InChI is InChI=1S/C21H19F3N2O2/c22-21(23,24)16-9-5-11-18(13-16)26-20(28)15-8-4-10-17(12-15)25-19(27)14-6-2-1-3-7-14/h1-2,4-5,8-14H,3,6-7H2,(H,25,27)(H,26,28). The van der Waals surface area contributed by atoms with Crippen LogP contribution in [0.5, 0.6) is 0 Å². The number of carbonyl (C=O) groups is 2. The number of nitrogens with one attached hydrogen (secondary N) is 2. The van der Waals surface area contributed by atoms with Crippen LogP contribution in [0, 0.1) is 5.92 Å². The molecule has 0 spiro atoms. The van der Waals surface area contributed by atoms with E-state index in [1.54, 1.807) is 12.1 Å². The molecule has 2 N–H and O–H groups in total. The van der Waals surface area contributed by atoms with Gasteiger partial charge < -0.3 is 10.6 Å². The van der Waals surface area contributed by atoms with Crippen molar-refractivity contribution in [2.75, 3.05) is 10.6 Å². The summed E-state index contributed by atoms with van der Waals surface area (Å²) < 4.78 is 38.4. The summed E-state index contributed by atoms with van der Waals surface area (Å²) in [5.74, 6) is -0.775. The minimum Gasteiger partial charge on any atom is -0.326 e. The highest BCUT2D eigenvalue weighted by atomic mass is 19.4. The van der Waals surface area contributed by atoms with Crippen LogP contribution < -0.4 is 10.6 Å². The number of alkyl halides is 3. The largest absolute Gasteiger partial charge is 0.416 e. The first-order valence-corrected chi connectivity index (χ1v) is 8.87. The molecule has 4 nitrogen and oxygen atoms in total. The predicted molar refractivity (Wildman–Crippen MR) is 101 cm³/mol. The van der Waals surface area contributed by atoms with Gasteiger partial charge in [0.05, 0.1) is 5.56 Å². The second kappa shape index (κ2) is 8.29. The van der Waals surface area contributed by atoms with Crippen molar-refractivity contribution in [3.8, 4) is 0 Å². The topological polar surface area (TPSA) is 58.2 Å². The molecule has 1 aliphatic rings. The molecule has 28 heavy (non-hydrogen) atoms. The maximum Gasteiger partial charge on any atom is 0.416 e. The molecule has 0 aliphatic heterocycles. The van der Waals surface area contributed by atoms with Crippen LogP contribution in [0.3, 0.4) is 0 Å². The Morgan fingerprint density at radius 1 is 0.929 bits per heavy atom. The average Bonchev–Trinajstić information content (AvgIpc) is 2.68. The lowest BCUT2D eigenvalue weighted by Gasteiger charge is -2.17. The van der Waals surface area contributed by atoms with Gasteiger partial charge >= 0.3 is 6.18 Å². The Balaban J connectivity index is 1.69. The number of benzene rings is 2. The van der Waals surface area contributed by atoms with Crippen molar-refractivity contribution in [1.29, 1.82) is 0 Å². The number of hydrogen-bond donors (Lipinski definition) is 2. The van der Waals surface area contributed by atoms with E-state index in [1.807, 2.05) is 12.2 Å². The fourth-order valence-electron chi connectivity index (χ4n) is 2.99. The number of amides is 2. The van der Waals surface area contributed by atoms with Crippen molar-refractivity contribution in [2.24, 2.45) is 5.92 Å². The number of allylic oxidation sites excluding steroid dienone is 2. The number of carbonyl (C=O) groups excluding carboxylic acids is 2. The molecule has 1 unspecified atom stereocenters. The van der Waals surface area contributed by atoms with Gasteiger partial charge in [-0.15, -0.1) is 0 Å². The lowest BCUT2D eigenvalue weighted by molar-refractivity contribution is -0.137. The molecule has 1 atom stereocenters. The smallest absolute Gasteiger partial charge is 0.326 e. The van der Waals surface area contributed by atoms with Crippen molar-refractivity contribution in [3.05, 3.63) is 71.8 Å². The normalized spacial score (nSPS) is 16.5. The summed E-state index contributed by atoms with van der Waals surface area (Å²) in [5.41, 5.74) is -0.0916. The van der Waals surface area contributed by atoms with Gasteiger partial charge in [-0.1, -0.05) is 24.3 Å². The van der Waals surface area contributed by atoms with Crippen molar-refractivity contribution < 1.29 is 22.8 Å². The molecule has 7 heteroatoms. The fourth-order valence-corrected chi connectivity index (χ4v) is 2.99. The van der Waals surface area contributed by atoms with Crippen LogP contribution in [0.15, 0.2) is 60.7 Å². The van der Waals surface area contributed by atoms with Gasteiger partial charge in [-0.3, -0.25) is 9.59 Å². The van der Waals surface area contributed by atoms with Crippen LogP contribution >= 0.6 is 0 Å². The first kappa shape index (κ1) is 19.7. The predicted octanol–water partition coefficient (Wildman–Crippen LogP) is 5.25. The third kappa shape index (κ3) is 5.00. The van der Waals surface area contributed by atoms with Crippen molar-refractivity contribution in [3.63, 3.8) is 0 Å². The minimum absolute atomic E-state index is 0.0447. The van der Waals surface area contributed by atoms with E-state index in [0.29, 0.717) is 12.1 Å². The number of hydrogen-bond acceptors (Lipinski definition) is 2. The molecule has 1 aliphatic carbocycles. The zero-order valence-corrected chi connectivity index (χ0v) is 14.9. The van der Waals surface area contributed by atoms with E-state index in [-0.39, 0.29) is 23.1 Å². The number of anilines is 2. The third-order valence-electron chi connectivity index (χ3n) is 4.48. The molecule has 0 aromatic heterocycles. The lowest BCUT2D eigenvalue weighted by atomic mass is 9.93. The lowest BCUT2D eigenvalue weighted by Crippen LogP contribution is -2.23. The molecule has 2 aromatic rings. The van der Waals surface area contributed by atoms with Gasteiger partial charge in [0.15, 0.2) is 0 Å². The highest BCUT2D eigenvalue weighted by molar-refractivity contribution is 6.05. The molecule has 146 valence electrons. The molecular formula is C21H19F3N2O2. The van der Waals surface area contributed by atoms with E-state index in [1.165, 1.54) is 24.3 Å². The Morgan fingerprint density at radius 2 is 1.64 bits per heavy atom. The monoisotopic (exact) mass is 388 g/mol. The molecule has 0 radical (unpaired) electrons. The fraction of sp³-hybridized carbons (Fsp3) is 0.238. The Labute approximate surface area is 160 Å². The third-order valence-corrected chi connectivity index (χ3v) is 4.48. The Kier molecular flexibility index (Phi) is 5.82. The summed E-state index contributed by atoms with van der Waals surface area (Å²) >= 11 is 0. The second-order valence-corrected chi connectivity index (χ2v) is 6.58. The van der Waals surface area contributed by atoms with Crippen LogP contribution in [0.4, 0.5) is 24.5 Å².